The summed E-state index contributed by atoms with van der Waals surface area (Å²) >= 11 is 1.43. The zero-order valence-electron chi connectivity index (χ0n) is 34.1. The van der Waals surface area contributed by atoms with Crippen LogP contribution in [0.4, 0.5) is 14.4 Å². The third-order valence-corrected chi connectivity index (χ3v) is 11.9. The van der Waals surface area contributed by atoms with Crippen LogP contribution in [0.3, 0.4) is 0 Å². The SMILES string of the molecule is CCNC(=O)[C@H]1O[C@@H](n2cnc3c(NCCCCCCCCNC(=O)COc4ccc(/C=C/c5ccc6n5[B-](F)(F)[N+]5=C(c7cccs7)C=CC5=C6)cc4)ncnc32)[C@H](O)[C@@H]1O. The zero-order chi connectivity index (χ0) is 43.2. The number of ether oxygens (including phenoxy) is 2. The van der Waals surface area contributed by atoms with E-state index < -0.39 is 37.4 Å². The second-order valence-corrected chi connectivity index (χ2v) is 16.2. The van der Waals surface area contributed by atoms with Crippen molar-refractivity contribution in [1.29, 1.82) is 0 Å². The Morgan fingerprint density at radius 2 is 1.74 bits per heavy atom. The van der Waals surface area contributed by atoms with E-state index in [4.69, 9.17) is 9.47 Å². The van der Waals surface area contributed by atoms with Crippen molar-refractivity contribution in [2.24, 2.45) is 0 Å². The molecule has 0 radical (unpaired) electrons. The van der Waals surface area contributed by atoms with Crippen LogP contribution in [0, 0.1) is 0 Å². The number of imidazole rings is 1. The molecule has 4 aromatic heterocycles. The lowest BCUT2D eigenvalue weighted by Crippen LogP contribution is -2.50. The number of hydrogen-bond donors (Lipinski definition) is 5. The Morgan fingerprint density at radius 3 is 2.52 bits per heavy atom. The van der Waals surface area contributed by atoms with Crippen LogP contribution in [0.15, 0.2) is 84.4 Å². The van der Waals surface area contributed by atoms with Gasteiger partial charge in [0.2, 0.25) is 0 Å². The second-order valence-electron chi connectivity index (χ2n) is 15.2. The van der Waals surface area contributed by atoms with Gasteiger partial charge in [-0.3, -0.25) is 14.2 Å². The summed E-state index contributed by atoms with van der Waals surface area (Å²) in [5, 5.41) is 31.7. The van der Waals surface area contributed by atoms with Crippen molar-refractivity contribution >= 4 is 71.0 Å². The number of aliphatic hydroxyl groups excluding tert-OH is 2. The van der Waals surface area contributed by atoms with Gasteiger partial charge in [0.05, 0.1) is 11.2 Å². The number of hydrogen-bond acceptors (Lipinski definition) is 11. The number of anilines is 1. The highest BCUT2D eigenvalue weighted by Gasteiger charge is 2.52. The maximum absolute atomic E-state index is 16.1. The third-order valence-electron chi connectivity index (χ3n) is 11.0. The fourth-order valence-electron chi connectivity index (χ4n) is 7.91. The van der Waals surface area contributed by atoms with Gasteiger partial charge < -0.3 is 53.2 Å². The van der Waals surface area contributed by atoms with Crippen LogP contribution in [0.2, 0.25) is 0 Å². The van der Waals surface area contributed by atoms with Gasteiger partial charge in [-0.15, -0.1) is 11.3 Å². The van der Waals surface area contributed by atoms with Crippen molar-refractivity contribution in [3.63, 3.8) is 0 Å². The molecule has 0 spiro atoms. The van der Waals surface area contributed by atoms with Gasteiger partial charge in [-0.2, -0.15) is 0 Å². The Hall–Kier alpha value is -6.02. The molecule has 62 heavy (non-hydrogen) atoms. The topological polar surface area (TPSA) is 181 Å². The molecule has 0 bridgehead atoms. The van der Waals surface area contributed by atoms with Crippen LogP contribution in [0.5, 0.6) is 5.75 Å². The van der Waals surface area contributed by atoms with E-state index in [1.165, 1.54) is 28.6 Å². The van der Waals surface area contributed by atoms with Crippen LogP contribution in [-0.2, 0) is 14.3 Å². The highest BCUT2D eigenvalue weighted by atomic mass is 32.1. The van der Waals surface area contributed by atoms with E-state index in [2.05, 4.69) is 30.9 Å². The Bertz CT molecular complexity index is 2520. The fraction of sp³-hybridized carbons (Fsp3) is 0.349. The minimum atomic E-state index is -4.12. The lowest BCUT2D eigenvalue weighted by molar-refractivity contribution is -0.360. The highest BCUT2D eigenvalue weighted by Crippen LogP contribution is 2.35. The number of thiophene rings is 1. The number of carbonyl (C=O) groups excluding carboxylic acids is 2. The van der Waals surface area contributed by atoms with E-state index in [0.717, 1.165) is 57.9 Å². The number of allylic oxidation sites excluding steroid dienone is 2. The summed E-state index contributed by atoms with van der Waals surface area (Å²) in [7, 11) is 0. The fourth-order valence-corrected chi connectivity index (χ4v) is 8.66. The van der Waals surface area contributed by atoms with Crippen LogP contribution >= 0.6 is 11.3 Å². The van der Waals surface area contributed by atoms with Gasteiger partial charge in [0.25, 0.3) is 11.8 Å². The number of aliphatic hydroxyl groups is 2. The molecule has 7 heterocycles. The average Bonchev–Trinajstić information content (AvgIpc) is 4.12. The van der Waals surface area contributed by atoms with Crippen molar-refractivity contribution in [2.75, 3.05) is 31.6 Å². The van der Waals surface area contributed by atoms with Crippen LogP contribution in [0.25, 0.3) is 29.4 Å². The van der Waals surface area contributed by atoms with Gasteiger partial charge in [-0.1, -0.05) is 50.0 Å². The number of fused-ring (bicyclic) bond motifs is 3. The normalized spacial score (nSPS) is 20.1. The van der Waals surface area contributed by atoms with Gasteiger partial charge in [-0.25, -0.2) is 15.0 Å². The first-order valence-electron chi connectivity index (χ1n) is 20.9. The smallest absolute Gasteiger partial charge is 0.484 e. The molecule has 3 aliphatic heterocycles. The molecule has 19 heteroatoms. The lowest BCUT2D eigenvalue weighted by Gasteiger charge is -2.30. The maximum Gasteiger partial charge on any atom is 0.737 e. The number of carbonyl (C=O) groups is 2. The summed E-state index contributed by atoms with van der Waals surface area (Å²) in [6, 6.07) is 14.3. The summed E-state index contributed by atoms with van der Waals surface area (Å²) in [6.45, 7) is -0.892. The molecule has 0 unspecified atom stereocenters. The number of benzene rings is 1. The van der Waals surface area contributed by atoms with Crippen molar-refractivity contribution < 1.29 is 42.4 Å². The van der Waals surface area contributed by atoms with Crippen LogP contribution in [-0.4, -0.2) is 108 Å². The first kappa shape index (κ1) is 42.7. The number of unbranched alkanes of at least 4 members (excludes halogenated alkanes) is 5. The van der Waals surface area contributed by atoms with E-state index in [1.807, 2.05) is 29.6 Å². The summed E-state index contributed by atoms with van der Waals surface area (Å²) in [5.74, 6) is 0.358. The molecule has 324 valence electrons. The molecule has 5 N–H and O–H groups in total. The molecule has 8 rings (SSSR count). The van der Waals surface area contributed by atoms with E-state index in [1.54, 1.807) is 61.6 Å². The van der Waals surface area contributed by atoms with Gasteiger partial charge in [0.15, 0.2) is 47.3 Å². The van der Waals surface area contributed by atoms with E-state index in [0.29, 0.717) is 65.2 Å². The molecule has 2 amide bonds. The molecule has 3 aliphatic rings. The predicted molar refractivity (Wildman–Crippen MR) is 234 cm³/mol. The molecule has 0 aliphatic carbocycles. The highest BCUT2D eigenvalue weighted by molar-refractivity contribution is 7.12. The Morgan fingerprint density at radius 1 is 0.952 bits per heavy atom. The first-order valence-corrected chi connectivity index (χ1v) is 21.7. The van der Waals surface area contributed by atoms with Crippen molar-refractivity contribution in [2.45, 2.75) is 70.0 Å². The first-order chi connectivity index (χ1) is 30.1. The van der Waals surface area contributed by atoms with E-state index in [9.17, 15) is 19.8 Å². The van der Waals surface area contributed by atoms with Crippen molar-refractivity contribution in [3.8, 4) is 5.75 Å². The van der Waals surface area contributed by atoms with Crippen molar-refractivity contribution in [1.82, 2.24) is 34.6 Å². The summed E-state index contributed by atoms with van der Waals surface area (Å²) in [5.41, 5.74) is 3.51. The number of nitrogens with zero attached hydrogens (tertiary/aromatic N) is 6. The van der Waals surface area contributed by atoms with Crippen LogP contribution in [0.1, 0.15) is 73.5 Å². The second kappa shape index (κ2) is 18.9. The molecule has 1 fully saturated rings. The molecule has 1 aromatic carbocycles. The van der Waals surface area contributed by atoms with E-state index >= 15 is 8.63 Å². The molecular formula is C43H48BF2N9O6S. The Kier molecular flexibility index (Phi) is 13.0. The third kappa shape index (κ3) is 8.97. The van der Waals surface area contributed by atoms with Gasteiger partial charge in [0, 0.05) is 49.3 Å². The molecule has 4 atom stereocenters. The number of rotatable bonds is 19. The maximum atomic E-state index is 16.1. The predicted octanol–water partition coefficient (Wildman–Crippen LogP) is 5.21. The lowest BCUT2D eigenvalue weighted by atomic mass is 9.90. The largest absolute Gasteiger partial charge is 0.737 e. The molecule has 15 nitrogen and oxygen atoms in total. The number of aromatic nitrogens is 5. The number of likely N-dealkylation sites (N-methyl/N-ethyl adjacent to an activating group) is 1. The Balaban J connectivity index is 0.708. The number of nitrogens with one attached hydrogen (secondary N) is 3. The summed E-state index contributed by atoms with van der Waals surface area (Å²) in [4.78, 5) is 38.5. The quantitative estimate of drug-likeness (QED) is 0.0547. The minimum absolute atomic E-state index is 0.114. The number of amides is 2. The molecule has 0 saturated carbocycles. The average molecular weight is 868 g/mol. The minimum Gasteiger partial charge on any atom is -0.484 e. The zero-order valence-corrected chi connectivity index (χ0v) is 34.9. The molecule has 1 saturated heterocycles. The van der Waals surface area contributed by atoms with Crippen molar-refractivity contribution in [3.05, 3.63) is 106 Å². The molecular weight excluding hydrogens is 819 g/mol. The van der Waals surface area contributed by atoms with Crippen LogP contribution < -0.4 is 20.7 Å². The van der Waals surface area contributed by atoms with Gasteiger partial charge in [-0.05, 0) is 67.1 Å². The van der Waals surface area contributed by atoms with Gasteiger partial charge in [0.1, 0.15) is 24.3 Å². The van der Waals surface area contributed by atoms with E-state index in [-0.39, 0.29) is 12.5 Å². The molecule has 5 aromatic rings. The summed E-state index contributed by atoms with van der Waals surface area (Å²) < 4.78 is 47.4. The monoisotopic (exact) mass is 867 g/mol. The van der Waals surface area contributed by atoms with Gasteiger partial charge >= 0.3 is 6.97 Å². The Labute approximate surface area is 360 Å². The number of halogens is 2. The summed E-state index contributed by atoms with van der Waals surface area (Å²) in [6.07, 6.45) is 12.4. The standard InChI is InChI=1S/C43H48BF2N9O6S/c1-2-47-42(59)39-37(57)38(58)43(61-39)53-27-52-36-40(50-26-51-41(36)53)49-22-8-6-4-3-5-7-21-48-35(56)25-60-32-18-12-28(13-19-32)11-14-29-15-16-30-24-31-17-20-33(34-10-9-23-62-34)55(31)44(45,46)54(29)30/h9-20,23-24,26-27,37-39,43,57-58H,2-8,21-22,25H2,1H3,(H,47,59)(H,48,56)(H,49,50,51)/b14-11+/t37-,38+,39-,43+/m0/s1.